The molecule has 0 spiro atoms. The van der Waals surface area contributed by atoms with Gasteiger partial charge in [-0.2, -0.15) is 0 Å². The molecule has 2 N–H and O–H groups in total. The topological polar surface area (TPSA) is 29.3 Å². The van der Waals surface area contributed by atoms with Gasteiger partial charge in [0.15, 0.2) is 0 Å². The van der Waals surface area contributed by atoms with E-state index >= 15 is 0 Å². The van der Waals surface area contributed by atoms with Crippen molar-refractivity contribution >= 4 is 0 Å². The maximum atomic E-state index is 5.75. The molecule has 0 radical (unpaired) electrons. The van der Waals surface area contributed by atoms with Crippen LogP contribution in [0.4, 0.5) is 0 Å². The molecule has 0 aromatic rings. The average Bonchev–Trinajstić information content (AvgIpc) is 2.51. The van der Waals surface area contributed by atoms with Crippen LogP contribution in [-0.4, -0.2) is 30.1 Å². The van der Waals surface area contributed by atoms with Crippen LogP contribution in [0.3, 0.4) is 0 Å². The first-order chi connectivity index (χ1) is 6.61. The van der Waals surface area contributed by atoms with Crippen molar-refractivity contribution in [2.45, 2.75) is 58.5 Å². The van der Waals surface area contributed by atoms with Crippen molar-refractivity contribution < 1.29 is 0 Å². The van der Waals surface area contributed by atoms with Crippen LogP contribution >= 0.6 is 0 Å². The van der Waals surface area contributed by atoms with Gasteiger partial charge >= 0.3 is 0 Å². The van der Waals surface area contributed by atoms with Crippen molar-refractivity contribution in [1.82, 2.24) is 4.90 Å². The second-order valence-corrected chi connectivity index (χ2v) is 5.11. The van der Waals surface area contributed by atoms with E-state index in [1.54, 1.807) is 0 Å². The number of hydrogen-bond acceptors (Lipinski definition) is 2. The van der Waals surface area contributed by atoms with Gasteiger partial charge in [-0.05, 0) is 51.6 Å². The smallest absolute Gasteiger partial charge is 0.0119 e. The monoisotopic (exact) mass is 198 g/mol. The van der Waals surface area contributed by atoms with E-state index in [1.165, 1.54) is 38.8 Å². The molecule has 1 fully saturated rings. The van der Waals surface area contributed by atoms with E-state index in [4.69, 9.17) is 5.73 Å². The molecule has 0 saturated carbocycles. The summed E-state index contributed by atoms with van der Waals surface area (Å²) in [7, 11) is 0. The predicted molar refractivity (Wildman–Crippen MR) is 62.3 cm³/mol. The van der Waals surface area contributed by atoms with Crippen LogP contribution in [0.1, 0.15) is 46.5 Å². The Morgan fingerprint density at radius 2 is 2.07 bits per heavy atom. The fourth-order valence-corrected chi connectivity index (χ4v) is 2.50. The van der Waals surface area contributed by atoms with E-state index < -0.39 is 0 Å². The molecule has 1 aliphatic heterocycles. The number of likely N-dealkylation sites (tertiary alicyclic amines) is 1. The van der Waals surface area contributed by atoms with Gasteiger partial charge in [0.1, 0.15) is 0 Å². The minimum Gasteiger partial charge on any atom is -0.328 e. The number of rotatable bonds is 5. The summed E-state index contributed by atoms with van der Waals surface area (Å²) in [6, 6.07) is 1.21. The Labute approximate surface area is 88.8 Å². The molecular formula is C12H26N2. The second kappa shape index (κ2) is 5.72. The Morgan fingerprint density at radius 1 is 1.36 bits per heavy atom. The summed E-state index contributed by atoms with van der Waals surface area (Å²) in [6.45, 7) is 9.35. The minimum absolute atomic E-state index is 0.370. The van der Waals surface area contributed by atoms with Crippen molar-refractivity contribution in [3.8, 4) is 0 Å². The van der Waals surface area contributed by atoms with E-state index in [0.717, 1.165) is 12.0 Å². The van der Waals surface area contributed by atoms with Crippen LogP contribution in [0.5, 0.6) is 0 Å². The number of nitrogens with two attached hydrogens (primary N) is 1. The van der Waals surface area contributed by atoms with Crippen LogP contribution in [0.25, 0.3) is 0 Å². The molecule has 0 amide bonds. The Bertz CT molecular complexity index is 154. The van der Waals surface area contributed by atoms with Crippen molar-refractivity contribution in [2.75, 3.05) is 13.1 Å². The molecule has 0 aliphatic carbocycles. The van der Waals surface area contributed by atoms with Crippen molar-refractivity contribution in [3.63, 3.8) is 0 Å². The van der Waals surface area contributed by atoms with Gasteiger partial charge in [-0.25, -0.2) is 0 Å². The fourth-order valence-electron chi connectivity index (χ4n) is 2.50. The zero-order valence-electron chi connectivity index (χ0n) is 10.00. The van der Waals surface area contributed by atoms with Gasteiger partial charge in [0.25, 0.3) is 0 Å². The standard InChI is InChI=1S/C12H26N2/c1-10(2)12-7-5-9-14(12)8-4-6-11(3)13/h10-12H,4-9,13H2,1-3H3. The summed E-state index contributed by atoms with van der Waals surface area (Å²) in [5.41, 5.74) is 5.75. The third-order valence-electron chi connectivity index (χ3n) is 3.29. The first-order valence-electron chi connectivity index (χ1n) is 6.11. The predicted octanol–water partition coefficient (Wildman–Crippen LogP) is 2.23. The van der Waals surface area contributed by atoms with Crippen LogP contribution in [-0.2, 0) is 0 Å². The van der Waals surface area contributed by atoms with E-state index in [9.17, 15) is 0 Å². The Morgan fingerprint density at radius 3 is 2.64 bits per heavy atom. The van der Waals surface area contributed by atoms with Crippen molar-refractivity contribution in [1.29, 1.82) is 0 Å². The van der Waals surface area contributed by atoms with E-state index in [1.807, 2.05) is 0 Å². The zero-order valence-corrected chi connectivity index (χ0v) is 10.00. The summed E-state index contributed by atoms with van der Waals surface area (Å²) < 4.78 is 0. The van der Waals surface area contributed by atoms with Crippen LogP contribution < -0.4 is 5.73 Å². The molecule has 0 bridgehead atoms. The second-order valence-electron chi connectivity index (χ2n) is 5.11. The van der Waals surface area contributed by atoms with Gasteiger partial charge in [0, 0.05) is 12.1 Å². The molecule has 0 aromatic carbocycles. The van der Waals surface area contributed by atoms with Crippen molar-refractivity contribution in [2.24, 2.45) is 11.7 Å². The molecule has 84 valence electrons. The normalized spacial score (nSPS) is 25.9. The molecule has 2 heteroatoms. The molecule has 0 aromatic heterocycles. The molecule has 1 rings (SSSR count). The molecule has 1 aliphatic rings. The van der Waals surface area contributed by atoms with E-state index in [-0.39, 0.29) is 0 Å². The highest BCUT2D eigenvalue weighted by molar-refractivity contribution is 4.81. The van der Waals surface area contributed by atoms with Crippen LogP contribution in [0.15, 0.2) is 0 Å². The van der Waals surface area contributed by atoms with Gasteiger partial charge in [-0.1, -0.05) is 13.8 Å². The lowest BCUT2D eigenvalue weighted by Gasteiger charge is -2.27. The van der Waals surface area contributed by atoms with E-state index in [0.29, 0.717) is 6.04 Å². The lowest BCUT2D eigenvalue weighted by atomic mass is 10.0. The SMILES string of the molecule is CC(N)CCCN1CCCC1C(C)C. The van der Waals surface area contributed by atoms with Crippen LogP contribution in [0.2, 0.25) is 0 Å². The molecule has 2 unspecified atom stereocenters. The van der Waals surface area contributed by atoms with Crippen LogP contribution in [0, 0.1) is 5.92 Å². The maximum Gasteiger partial charge on any atom is 0.0119 e. The third kappa shape index (κ3) is 3.58. The summed E-state index contributed by atoms with van der Waals surface area (Å²) in [5.74, 6) is 0.813. The summed E-state index contributed by atoms with van der Waals surface area (Å²) in [6.07, 6.45) is 5.22. The van der Waals surface area contributed by atoms with Gasteiger partial charge in [-0.15, -0.1) is 0 Å². The molecule has 1 saturated heterocycles. The zero-order chi connectivity index (χ0) is 10.6. The molecular weight excluding hydrogens is 172 g/mol. The molecule has 2 nitrogen and oxygen atoms in total. The van der Waals surface area contributed by atoms with Gasteiger partial charge < -0.3 is 10.6 Å². The first-order valence-corrected chi connectivity index (χ1v) is 6.11. The largest absolute Gasteiger partial charge is 0.328 e. The molecule has 14 heavy (non-hydrogen) atoms. The van der Waals surface area contributed by atoms with Gasteiger partial charge in [-0.3, -0.25) is 0 Å². The molecule has 2 atom stereocenters. The Hall–Kier alpha value is -0.0800. The van der Waals surface area contributed by atoms with Crippen molar-refractivity contribution in [3.05, 3.63) is 0 Å². The highest BCUT2D eigenvalue weighted by Gasteiger charge is 2.26. The lowest BCUT2D eigenvalue weighted by molar-refractivity contribution is 0.202. The minimum atomic E-state index is 0.370. The maximum absolute atomic E-state index is 5.75. The quantitative estimate of drug-likeness (QED) is 0.734. The Kier molecular flexibility index (Phi) is 4.90. The Balaban J connectivity index is 2.22. The number of hydrogen-bond donors (Lipinski definition) is 1. The summed E-state index contributed by atoms with van der Waals surface area (Å²) in [5, 5.41) is 0. The third-order valence-corrected chi connectivity index (χ3v) is 3.29. The lowest BCUT2D eigenvalue weighted by Crippen LogP contribution is -2.34. The van der Waals surface area contributed by atoms with Gasteiger partial charge in [0.05, 0.1) is 0 Å². The van der Waals surface area contributed by atoms with E-state index in [2.05, 4.69) is 25.7 Å². The highest BCUT2D eigenvalue weighted by atomic mass is 15.2. The summed E-state index contributed by atoms with van der Waals surface area (Å²) in [4.78, 5) is 2.66. The van der Waals surface area contributed by atoms with Gasteiger partial charge in [0.2, 0.25) is 0 Å². The average molecular weight is 198 g/mol. The summed E-state index contributed by atoms with van der Waals surface area (Å²) >= 11 is 0. The highest BCUT2D eigenvalue weighted by Crippen LogP contribution is 2.23. The molecule has 1 heterocycles. The number of nitrogens with zero attached hydrogens (tertiary/aromatic N) is 1. The fraction of sp³-hybridized carbons (Fsp3) is 1.00. The first kappa shape index (κ1) is 12.0.